The molecule has 1 aliphatic carbocycles. The lowest BCUT2D eigenvalue weighted by atomic mass is 9.99. The van der Waals surface area contributed by atoms with E-state index in [1.807, 2.05) is 28.4 Å². The average molecular weight is 406 g/mol. The van der Waals surface area contributed by atoms with E-state index in [4.69, 9.17) is 0 Å². The minimum Gasteiger partial charge on any atom is -0.338 e. The van der Waals surface area contributed by atoms with Crippen LogP contribution in [0.1, 0.15) is 34.4 Å². The maximum atomic E-state index is 12.7. The Morgan fingerprint density at radius 2 is 2.24 bits per heavy atom. The molecule has 2 aromatic heterocycles. The Bertz CT molecular complexity index is 1050. The Morgan fingerprint density at radius 1 is 1.34 bits per heavy atom. The van der Waals surface area contributed by atoms with Gasteiger partial charge in [-0.15, -0.1) is 11.3 Å². The smallest absolute Gasteiger partial charge is 0.246 e. The molecule has 4 heterocycles. The van der Waals surface area contributed by atoms with Crippen molar-refractivity contribution in [1.29, 1.82) is 0 Å². The van der Waals surface area contributed by atoms with E-state index < -0.39 is 0 Å². The second kappa shape index (κ2) is 7.26. The van der Waals surface area contributed by atoms with Crippen molar-refractivity contribution in [1.82, 2.24) is 9.88 Å². The first kappa shape index (κ1) is 18.3. The number of likely N-dealkylation sites (tertiary alicyclic amines) is 1. The quantitative estimate of drug-likeness (QED) is 0.788. The number of amides is 2. The lowest BCUT2D eigenvalue weighted by molar-refractivity contribution is -0.125. The van der Waals surface area contributed by atoms with Gasteiger partial charge in [0.05, 0.1) is 0 Å². The monoisotopic (exact) mass is 405 g/mol. The van der Waals surface area contributed by atoms with Gasteiger partial charge in [0.2, 0.25) is 11.8 Å². The summed E-state index contributed by atoms with van der Waals surface area (Å²) in [5.74, 6) is 1.72. The van der Waals surface area contributed by atoms with Crippen molar-refractivity contribution in [3.63, 3.8) is 0 Å². The third-order valence-electron chi connectivity index (χ3n) is 6.14. The molecule has 148 valence electrons. The number of rotatable bonds is 3. The predicted octanol–water partition coefficient (Wildman–Crippen LogP) is 3.91. The van der Waals surface area contributed by atoms with E-state index in [1.165, 1.54) is 16.0 Å². The van der Waals surface area contributed by atoms with E-state index in [1.54, 1.807) is 12.3 Å². The Morgan fingerprint density at radius 3 is 3.03 bits per heavy atom. The highest BCUT2D eigenvalue weighted by Crippen LogP contribution is 2.43. The Labute approximate surface area is 174 Å². The first-order valence-electron chi connectivity index (χ1n) is 10.1. The molecule has 0 saturated carbocycles. The van der Waals surface area contributed by atoms with Crippen LogP contribution in [-0.2, 0) is 16.0 Å². The van der Waals surface area contributed by atoms with Gasteiger partial charge in [0, 0.05) is 36.7 Å². The van der Waals surface area contributed by atoms with Gasteiger partial charge >= 0.3 is 0 Å². The maximum Gasteiger partial charge on any atom is 0.246 e. The third-order valence-corrected chi connectivity index (χ3v) is 7.23. The van der Waals surface area contributed by atoms with Gasteiger partial charge in [-0.3, -0.25) is 9.59 Å². The van der Waals surface area contributed by atoms with Gasteiger partial charge in [0.15, 0.2) is 0 Å². The third kappa shape index (κ3) is 3.53. The molecule has 2 aliphatic heterocycles. The first-order chi connectivity index (χ1) is 14.1. The van der Waals surface area contributed by atoms with Crippen LogP contribution in [-0.4, -0.2) is 34.8 Å². The van der Waals surface area contributed by atoms with Crippen molar-refractivity contribution < 1.29 is 9.59 Å². The van der Waals surface area contributed by atoms with E-state index in [0.717, 1.165) is 30.6 Å². The van der Waals surface area contributed by atoms with Crippen molar-refractivity contribution in [2.45, 2.75) is 26.2 Å². The second-order valence-electron chi connectivity index (χ2n) is 8.15. The average Bonchev–Trinajstić information content (AvgIpc) is 3.40. The number of hydrogen-bond acceptors (Lipinski definition) is 4. The van der Waals surface area contributed by atoms with Gasteiger partial charge < -0.3 is 10.2 Å². The van der Waals surface area contributed by atoms with Gasteiger partial charge in [-0.05, 0) is 77.5 Å². The highest BCUT2D eigenvalue weighted by Gasteiger charge is 2.38. The van der Waals surface area contributed by atoms with Crippen LogP contribution in [0.5, 0.6) is 0 Å². The Hall–Kier alpha value is -2.73. The number of nitrogens with one attached hydrogen (secondary N) is 1. The number of aromatic nitrogens is 1. The number of carbonyl (C=O) groups excluding carboxylic acids is 2. The lowest BCUT2D eigenvalue weighted by Crippen LogP contribution is -2.27. The molecule has 2 atom stereocenters. The molecular weight excluding hydrogens is 382 g/mol. The van der Waals surface area contributed by atoms with E-state index in [9.17, 15) is 9.59 Å². The first-order valence-corrected chi connectivity index (χ1v) is 11.0. The van der Waals surface area contributed by atoms with Gasteiger partial charge in [-0.1, -0.05) is 6.08 Å². The normalized spacial score (nSPS) is 23.1. The van der Waals surface area contributed by atoms with Gasteiger partial charge in [0.1, 0.15) is 5.82 Å². The molecule has 0 spiro atoms. The number of nitrogens with zero attached hydrogens (tertiary/aromatic N) is 2. The summed E-state index contributed by atoms with van der Waals surface area (Å²) in [5, 5.41) is 4.94. The number of allylic oxidation sites excluding steroid dienone is 1. The van der Waals surface area contributed by atoms with Crippen LogP contribution in [0.3, 0.4) is 0 Å². The van der Waals surface area contributed by atoms with Crippen molar-refractivity contribution in [3.8, 4) is 0 Å². The van der Waals surface area contributed by atoms with Crippen molar-refractivity contribution >= 4 is 40.6 Å². The van der Waals surface area contributed by atoms with Crippen LogP contribution in [0.25, 0.3) is 11.6 Å². The summed E-state index contributed by atoms with van der Waals surface area (Å²) in [6.07, 6.45) is 9.82. The highest BCUT2D eigenvalue weighted by atomic mass is 32.1. The van der Waals surface area contributed by atoms with Crippen LogP contribution < -0.4 is 5.32 Å². The van der Waals surface area contributed by atoms with Gasteiger partial charge in [-0.2, -0.15) is 0 Å². The zero-order chi connectivity index (χ0) is 20.0. The summed E-state index contributed by atoms with van der Waals surface area (Å²) >= 11 is 1.82. The topological polar surface area (TPSA) is 62.3 Å². The number of aryl methyl sites for hydroxylation is 2. The number of pyridine rings is 1. The Balaban J connectivity index is 1.23. The minimum atomic E-state index is 0.00879. The molecule has 1 N–H and O–H groups in total. The van der Waals surface area contributed by atoms with Crippen LogP contribution in [0.4, 0.5) is 5.82 Å². The highest BCUT2D eigenvalue weighted by molar-refractivity contribution is 7.11. The molecule has 1 saturated heterocycles. The molecule has 5 nitrogen and oxygen atoms in total. The summed E-state index contributed by atoms with van der Waals surface area (Å²) in [7, 11) is 0. The molecule has 3 aliphatic rings. The zero-order valence-electron chi connectivity index (χ0n) is 16.4. The van der Waals surface area contributed by atoms with Crippen molar-refractivity contribution in [2.24, 2.45) is 11.8 Å². The standard InChI is InChI=1S/C23H23N3O2S/c1-14-6-7-29-22(14)17-9-18-12-26(13-19(18)10-17)21(28)5-2-15-8-16-3-4-20(27)25-23(16)24-11-15/h2,5-9,11,18-19H,3-4,10,12-13H2,1H3,(H,24,25,27). The van der Waals surface area contributed by atoms with Gasteiger partial charge in [0.25, 0.3) is 0 Å². The Kier molecular flexibility index (Phi) is 4.59. The molecule has 0 bridgehead atoms. The molecule has 0 aromatic carbocycles. The molecule has 5 rings (SSSR count). The van der Waals surface area contributed by atoms with E-state index >= 15 is 0 Å². The molecule has 2 aromatic rings. The van der Waals surface area contributed by atoms with Crippen LogP contribution in [0.2, 0.25) is 0 Å². The molecule has 2 unspecified atom stereocenters. The molecule has 2 amide bonds. The molecule has 1 fully saturated rings. The number of thiophene rings is 1. The zero-order valence-corrected chi connectivity index (χ0v) is 17.2. The maximum absolute atomic E-state index is 12.7. The van der Waals surface area contributed by atoms with E-state index in [2.05, 4.69) is 34.7 Å². The summed E-state index contributed by atoms with van der Waals surface area (Å²) < 4.78 is 0. The van der Waals surface area contributed by atoms with Crippen LogP contribution in [0.15, 0.2) is 35.9 Å². The van der Waals surface area contributed by atoms with Gasteiger partial charge in [-0.25, -0.2) is 4.98 Å². The molecule has 29 heavy (non-hydrogen) atoms. The lowest BCUT2D eigenvalue weighted by Gasteiger charge is -2.16. The number of anilines is 1. The molecule has 6 heteroatoms. The fourth-order valence-electron chi connectivity index (χ4n) is 4.60. The van der Waals surface area contributed by atoms with Crippen LogP contribution in [0, 0.1) is 18.8 Å². The summed E-state index contributed by atoms with van der Waals surface area (Å²) in [5.41, 5.74) is 4.73. The van der Waals surface area contributed by atoms with Crippen molar-refractivity contribution in [2.75, 3.05) is 18.4 Å². The SMILES string of the molecule is Cc1ccsc1C1=CC2CN(C(=O)C=Cc3cnc4c(c3)CCC(=O)N4)CC2C1. The number of hydrogen-bond donors (Lipinski definition) is 1. The summed E-state index contributed by atoms with van der Waals surface area (Å²) in [6.45, 7) is 3.80. The number of fused-ring (bicyclic) bond motifs is 2. The predicted molar refractivity (Wildman–Crippen MR) is 115 cm³/mol. The fraction of sp³-hybridized carbons (Fsp3) is 0.348. The minimum absolute atomic E-state index is 0.00879. The number of carbonyl (C=O) groups is 2. The molecule has 0 radical (unpaired) electrons. The van der Waals surface area contributed by atoms with Crippen LogP contribution >= 0.6 is 11.3 Å². The second-order valence-corrected chi connectivity index (χ2v) is 9.07. The fourth-order valence-corrected chi connectivity index (χ4v) is 5.56. The van der Waals surface area contributed by atoms with E-state index in [0.29, 0.717) is 30.5 Å². The van der Waals surface area contributed by atoms with E-state index in [-0.39, 0.29) is 11.8 Å². The van der Waals surface area contributed by atoms with Crippen molar-refractivity contribution in [3.05, 3.63) is 57.4 Å². The summed E-state index contributed by atoms with van der Waals surface area (Å²) in [6, 6.07) is 4.18. The summed E-state index contributed by atoms with van der Waals surface area (Å²) in [4.78, 5) is 31.8. The molecular formula is C23H23N3O2S. The largest absolute Gasteiger partial charge is 0.338 e.